The lowest BCUT2D eigenvalue weighted by Gasteiger charge is -2.30. The molecule has 1 atom stereocenters. The molecule has 3 N–H and O–H groups in total. The van der Waals surface area contributed by atoms with E-state index in [-0.39, 0.29) is 16.1 Å². The first-order valence-electron chi connectivity index (χ1n) is 6.19. The molecular formula is C13H19N3O2. The monoisotopic (exact) mass is 249 g/mol. The number of aryl methyl sites for hydroxylation is 1. The molecule has 5 heteroatoms. The van der Waals surface area contributed by atoms with Crippen molar-refractivity contribution in [3.63, 3.8) is 0 Å². The van der Waals surface area contributed by atoms with Gasteiger partial charge in [-0.2, -0.15) is 0 Å². The van der Waals surface area contributed by atoms with Crippen molar-refractivity contribution in [3.8, 4) is 0 Å². The maximum Gasteiger partial charge on any atom is 0.292 e. The van der Waals surface area contributed by atoms with Crippen LogP contribution >= 0.6 is 0 Å². The summed E-state index contributed by atoms with van der Waals surface area (Å²) < 4.78 is 0. The molecular weight excluding hydrogens is 230 g/mol. The second kappa shape index (κ2) is 4.57. The minimum atomic E-state index is -0.356. The SMILES string of the molecule is Cc1ccc([N+](=O)[O-])c(NC(C)(CN)C2CC2)c1. The molecule has 0 aliphatic heterocycles. The Bertz CT molecular complexity index is 471. The van der Waals surface area contributed by atoms with Crippen LogP contribution in [0.2, 0.25) is 0 Å². The molecule has 1 saturated carbocycles. The molecule has 1 aliphatic rings. The molecule has 1 aromatic carbocycles. The Balaban J connectivity index is 2.32. The van der Waals surface area contributed by atoms with Gasteiger partial charge in [-0.3, -0.25) is 10.1 Å². The van der Waals surface area contributed by atoms with Crippen LogP contribution in [0.1, 0.15) is 25.3 Å². The van der Waals surface area contributed by atoms with Gasteiger partial charge in [0.15, 0.2) is 0 Å². The van der Waals surface area contributed by atoms with Crippen LogP contribution in [0.3, 0.4) is 0 Å². The van der Waals surface area contributed by atoms with Gasteiger partial charge in [0.1, 0.15) is 5.69 Å². The largest absolute Gasteiger partial charge is 0.373 e. The Morgan fingerprint density at radius 1 is 1.56 bits per heavy atom. The van der Waals surface area contributed by atoms with Crippen LogP contribution in [-0.4, -0.2) is 17.0 Å². The van der Waals surface area contributed by atoms with Crippen molar-refractivity contribution in [3.05, 3.63) is 33.9 Å². The predicted molar refractivity (Wildman–Crippen MR) is 71.6 cm³/mol. The highest BCUT2D eigenvalue weighted by Crippen LogP contribution is 2.42. The number of nitrogens with zero attached hydrogens (tertiary/aromatic N) is 1. The molecule has 0 aromatic heterocycles. The third kappa shape index (κ3) is 2.46. The van der Waals surface area contributed by atoms with Crippen molar-refractivity contribution in [2.45, 2.75) is 32.2 Å². The number of anilines is 1. The molecule has 1 fully saturated rings. The molecule has 5 nitrogen and oxygen atoms in total. The summed E-state index contributed by atoms with van der Waals surface area (Å²) in [5.41, 5.74) is 7.26. The van der Waals surface area contributed by atoms with Crippen LogP contribution in [0.15, 0.2) is 18.2 Å². The number of hydrogen-bond donors (Lipinski definition) is 2. The molecule has 0 amide bonds. The number of nitrogens with one attached hydrogen (secondary N) is 1. The van der Waals surface area contributed by atoms with E-state index in [1.165, 1.54) is 0 Å². The maximum atomic E-state index is 11.0. The normalized spacial score (nSPS) is 18.2. The van der Waals surface area contributed by atoms with Crippen LogP contribution in [0.4, 0.5) is 11.4 Å². The van der Waals surface area contributed by atoms with Crippen molar-refractivity contribution < 1.29 is 4.92 Å². The Labute approximate surface area is 107 Å². The summed E-state index contributed by atoms with van der Waals surface area (Å²) in [6, 6.07) is 5.11. The summed E-state index contributed by atoms with van der Waals surface area (Å²) in [6.07, 6.45) is 2.28. The first kappa shape index (κ1) is 12.8. The van der Waals surface area contributed by atoms with Gasteiger partial charge < -0.3 is 11.1 Å². The Morgan fingerprint density at radius 2 is 2.22 bits per heavy atom. The van der Waals surface area contributed by atoms with Crippen molar-refractivity contribution in [1.29, 1.82) is 0 Å². The molecule has 0 spiro atoms. The number of rotatable bonds is 5. The molecule has 0 bridgehead atoms. The predicted octanol–water partition coefficient (Wildman–Crippen LogP) is 2.44. The van der Waals surface area contributed by atoms with Gasteiger partial charge in [-0.05, 0) is 44.2 Å². The number of nitrogens with two attached hydrogens (primary N) is 1. The summed E-state index contributed by atoms with van der Waals surface area (Å²) >= 11 is 0. The Morgan fingerprint density at radius 3 is 2.72 bits per heavy atom. The molecule has 98 valence electrons. The van der Waals surface area contributed by atoms with E-state index in [4.69, 9.17) is 5.73 Å². The highest BCUT2D eigenvalue weighted by Gasteiger charge is 2.41. The second-order valence-corrected chi connectivity index (χ2v) is 5.30. The van der Waals surface area contributed by atoms with E-state index in [1.54, 1.807) is 12.1 Å². The van der Waals surface area contributed by atoms with Gasteiger partial charge in [-0.25, -0.2) is 0 Å². The number of hydrogen-bond acceptors (Lipinski definition) is 4. The van der Waals surface area contributed by atoms with E-state index in [9.17, 15) is 10.1 Å². The molecule has 1 aromatic rings. The van der Waals surface area contributed by atoms with Gasteiger partial charge in [0, 0.05) is 18.2 Å². The Kier molecular flexibility index (Phi) is 3.26. The van der Waals surface area contributed by atoms with Crippen LogP contribution in [0.25, 0.3) is 0 Å². The minimum Gasteiger partial charge on any atom is -0.373 e. The number of benzene rings is 1. The molecule has 18 heavy (non-hydrogen) atoms. The summed E-state index contributed by atoms with van der Waals surface area (Å²) in [7, 11) is 0. The van der Waals surface area contributed by atoms with Crippen LogP contribution in [0, 0.1) is 23.0 Å². The highest BCUT2D eigenvalue weighted by atomic mass is 16.6. The zero-order valence-corrected chi connectivity index (χ0v) is 10.8. The topological polar surface area (TPSA) is 81.2 Å². The van der Waals surface area contributed by atoms with E-state index in [1.807, 2.05) is 19.9 Å². The number of nitro benzene ring substituents is 1. The summed E-state index contributed by atoms with van der Waals surface area (Å²) in [5, 5.41) is 14.3. The van der Waals surface area contributed by atoms with Gasteiger partial charge >= 0.3 is 0 Å². The fraction of sp³-hybridized carbons (Fsp3) is 0.538. The van der Waals surface area contributed by atoms with E-state index in [0.717, 1.165) is 18.4 Å². The smallest absolute Gasteiger partial charge is 0.292 e. The first-order chi connectivity index (χ1) is 8.46. The molecule has 0 saturated heterocycles. The highest BCUT2D eigenvalue weighted by molar-refractivity contribution is 5.64. The van der Waals surface area contributed by atoms with Crippen LogP contribution in [-0.2, 0) is 0 Å². The summed E-state index contributed by atoms with van der Waals surface area (Å²) in [4.78, 5) is 10.7. The fourth-order valence-electron chi connectivity index (χ4n) is 2.26. The molecule has 1 aliphatic carbocycles. The van der Waals surface area contributed by atoms with Crippen molar-refractivity contribution >= 4 is 11.4 Å². The summed E-state index contributed by atoms with van der Waals surface area (Å²) in [5.74, 6) is 0.516. The van der Waals surface area contributed by atoms with Gasteiger partial charge in [-0.1, -0.05) is 6.07 Å². The second-order valence-electron chi connectivity index (χ2n) is 5.30. The van der Waals surface area contributed by atoms with Crippen molar-refractivity contribution in [2.75, 3.05) is 11.9 Å². The lowest BCUT2D eigenvalue weighted by molar-refractivity contribution is -0.384. The minimum absolute atomic E-state index is 0.112. The average molecular weight is 249 g/mol. The third-order valence-corrected chi connectivity index (χ3v) is 3.67. The molecule has 0 heterocycles. The van der Waals surface area contributed by atoms with Crippen molar-refractivity contribution in [1.82, 2.24) is 0 Å². The first-order valence-corrected chi connectivity index (χ1v) is 6.19. The third-order valence-electron chi connectivity index (χ3n) is 3.67. The van der Waals surface area contributed by atoms with Gasteiger partial charge in [0.05, 0.1) is 4.92 Å². The lowest BCUT2D eigenvalue weighted by atomic mass is 9.95. The Hall–Kier alpha value is -1.62. The van der Waals surface area contributed by atoms with Crippen molar-refractivity contribution in [2.24, 2.45) is 11.7 Å². The zero-order chi connectivity index (χ0) is 13.3. The van der Waals surface area contributed by atoms with Crippen LogP contribution < -0.4 is 11.1 Å². The zero-order valence-electron chi connectivity index (χ0n) is 10.8. The van der Waals surface area contributed by atoms with Gasteiger partial charge in [-0.15, -0.1) is 0 Å². The maximum absolute atomic E-state index is 11.0. The molecule has 2 rings (SSSR count). The van der Waals surface area contributed by atoms with E-state index in [2.05, 4.69) is 5.32 Å². The average Bonchev–Trinajstić information content (AvgIpc) is 3.12. The molecule has 1 unspecified atom stereocenters. The van der Waals surface area contributed by atoms with Gasteiger partial charge in [0.2, 0.25) is 0 Å². The van der Waals surface area contributed by atoms with E-state index >= 15 is 0 Å². The standard InChI is InChI=1S/C13H19N3O2/c1-9-3-6-12(16(17)18)11(7-9)15-13(2,8-14)10-4-5-10/h3,6-7,10,15H,4-5,8,14H2,1-2H3. The van der Waals surface area contributed by atoms with E-state index < -0.39 is 0 Å². The molecule has 0 radical (unpaired) electrons. The number of nitro groups is 1. The lowest BCUT2D eigenvalue weighted by Crippen LogP contribution is -2.44. The van der Waals surface area contributed by atoms with E-state index in [0.29, 0.717) is 18.2 Å². The summed E-state index contributed by atoms with van der Waals surface area (Å²) in [6.45, 7) is 4.44. The van der Waals surface area contributed by atoms with Crippen LogP contribution in [0.5, 0.6) is 0 Å². The fourth-order valence-corrected chi connectivity index (χ4v) is 2.26. The van der Waals surface area contributed by atoms with Gasteiger partial charge in [0.25, 0.3) is 5.69 Å². The quantitative estimate of drug-likeness (QED) is 0.620.